The third-order valence-electron chi connectivity index (χ3n) is 3.81. The minimum Gasteiger partial charge on any atom is -0.406 e. The van der Waals surface area contributed by atoms with Crippen LogP contribution in [0.2, 0.25) is 0 Å². The first kappa shape index (κ1) is 17.8. The molecule has 0 bridgehead atoms. The van der Waals surface area contributed by atoms with Gasteiger partial charge in [0.25, 0.3) is 0 Å². The molecular weight excluding hydrogens is 347 g/mol. The number of pyridine rings is 1. The maximum atomic E-state index is 12.2. The smallest absolute Gasteiger partial charge is 0.406 e. The van der Waals surface area contributed by atoms with Gasteiger partial charge in [-0.2, -0.15) is 0 Å². The van der Waals surface area contributed by atoms with Crippen LogP contribution in [0.5, 0.6) is 5.75 Å². The first-order valence-corrected chi connectivity index (χ1v) is 7.56. The fraction of sp³-hybridized carbons (Fsp3) is 0.167. The Kier molecular flexibility index (Phi) is 4.60. The fourth-order valence-corrected chi connectivity index (χ4v) is 2.40. The average molecular weight is 361 g/mol. The number of ether oxygens (including phenoxy) is 1. The lowest BCUT2D eigenvalue weighted by molar-refractivity contribution is -0.274. The van der Waals surface area contributed by atoms with Gasteiger partial charge >= 0.3 is 6.36 Å². The minimum absolute atomic E-state index is 0.294. The molecule has 1 aromatic carbocycles. The predicted octanol–water partition coefficient (Wildman–Crippen LogP) is 3.69. The number of hydrogen-bond donors (Lipinski definition) is 1. The maximum Gasteiger partial charge on any atom is 0.573 e. The summed E-state index contributed by atoms with van der Waals surface area (Å²) in [6.07, 6.45) is 1.18. The molecule has 26 heavy (non-hydrogen) atoms. The van der Waals surface area contributed by atoms with Gasteiger partial charge in [-0.1, -0.05) is 18.2 Å². The molecular formula is C18H14F3N3O2. The Hall–Kier alpha value is -3.00. The Morgan fingerprint density at radius 2 is 1.50 bits per heavy atom. The van der Waals surface area contributed by atoms with Gasteiger partial charge in [-0.05, 0) is 30.7 Å². The van der Waals surface area contributed by atoms with E-state index in [2.05, 4.69) is 19.7 Å². The zero-order valence-corrected chi connectivity index (χ0v) is 13.6. The zero-order valence-electron chi connectivity index (χ0n) is 13.6. The van der Waals surface area contributed by atoms with E-state index in [0.29, 0.717) is 22.4 Å². The Bertz CT molecular complexity index is 865. The summed E-state index contributed by atoms with van der Waals surface area (Å²) in [5, 5.41) is 10.7. The number of aliphatic hydroxyl groups is 1. The van der Waals surface area contributed by atoms with Gasteiger partial charge in [-0.25, -0.2) is 9.97 Å². The summed E-state index contributed by atoms with van der Waals surface area (Å²) in [6.45, 7) is 1.58. The molecule has 0 fully saturated rings. The number of nitrogens with zero attached hydrogens (tertiary/aromatic N) is 3. The van der Waals surface area contributed by atoms with Crippen LogP contribution in [0.15, 0.2) is 61.3 Å². The van der Waals surface area contributed by atoms with E-state index in [-0.39, 0.29) is 5.75 Å². The third kappa shape index (κ3) is 3.97. The van der Waals surface area contributed by atoms with E-state index in [1.165, 1.54) is 49.2 Å². The van der Waals surface area contributed by atoms with Gasteiger partial charge in [0.1, 0.15) is 17.7 Å². The summed E-state index contributed by atoms with van der Waals surface area (Å²) >= 11 is 0. The molecule has 5 nitrogen and oxygen atoms in total. The number of aromatic nitrogens is 3. The topological polar surface area (TPSA) is 68.1 Å². The largest absolute Gasteiger partial charge is 0.573 e. The molecule has 1 unspecified atom stereocenters. The minimum atomic E-state index is -4.72. The summed E-state index contributed by atoms with van der Waals surface area (Å²) in [4.78, 5) is 12.0. The lowest BCUT2D eigenvalue weighted by atomic mass is 9.94. The molecule has 2 aromatic heterocycles. The van der Waals surface area contributed by atoms with Crippen molar-refractivity contribution in [2.24, 2.45) is 0 Å². The van der Waals surface area contributed by atoms with Crippen LogP contribution >= 0.6 is 0 Å². The van der Waals surface area contributed by atoms with Crippen molar-refractivity contribution in [3.63, 3.8) is 0 Å². The monoisotopic (exact) mass is 361 g/mol. The molecule has 134 valence electrons. The maximum absolute atomic E-state index is 12.2. The van der Waals surface area contributed by atoms with Crippen molar-refractivity contribution in [1.82, 2.24) is 15.0 Å². The highest BCUT2D eigenvalue weighted by Gasteiger charge is 2.31. The Labute approximate surface area is 147 Å². The average Bonchev–Trinajstić information content (AvgIpc) is 2.62. The lowest BCUT2D eigenvalue weighted by Crippen LogP contribution is -2.24. The van der Waals surface area contributed by atoms with Crippen molar-refractivity contribution in [2.45, 2.75) is 18.9 Å². The van der Waals surface area contributed by atoms with Crippen LogP contribution in [0.3, 0.4) is 0 Å². The molecule has 0 amide bonds. The summed E-state index contributed by atoms with van der Waals surface area (Å²) in [5.41, 5.74) is 0.875. The van der Waals surface area contributed by atoms with Crippen molar-refractivity contribution in [2.75, 3.05) is 0 Å². The van der Waals surface area contributed by atoms with Gasteiger partial charge in [0.15, 0.2) is 0 Å². The molecule has 1 atom stereocenters. The molecule has 0 spiro atoms. The molecule has 2 heterocycles. The molecule has 0 radical (unpaired) electrons. The molecule has 0 saturated heterocycles. The van der Waals surface area contributed by atoms with Crippen LogP contribution in [0.1, 0.15) is 18.2 Å². The zero-order chi connectivity index (χ0) is 18.8. The molecule has 0 aliphatic carbocycles. The van der Waals surface area contributed by atoms with Crippen LogP contribution in [0, 0.1) is 0 Å². The molecule has 3 aromatic rings. The first-order valence-electron chi connectivity index (χ1n) is 7.56. The van der Waals surface area contributed by atoms with Crippen molar-refractivity contribution in [3.05, 3.63) is 72.6 Å². The predicted molar refractivity (Wildman–Crippen MR) is 87.1 cm³/mol. The van der Waals surface area contributed by atoms with Gasteiger partial charge in [0.05, 0.1) is 5.69 Å². The molecule has 0 saturated carbocycles. The van der Waals surface area contributed by atoms with Crippen LogP contribution in [0.4, 0.5) is 13.2 Å². The summed E-state index contributed by atoms with van der Waals surface area (Å²) < 4.78 is 40.4. The van der Waals surface area contributed by atoms with Gasteiger partial charge in [-0.3, -0.25) is 4.98 Å². The van der Waals surface area contributed by atoms with Gasteiger partial charge in [0.2, 0.25) is 0 Å². The second-order valence-electron chi connectivity index (χ2n) is 5.70. The number of hydrogen-bond acceptors (Lipinski definition) is 5. The Morgan fingerprint density at radius 3 is 2.04 bits per heavy atom. The standard InChI is InChI=1S/C18H14F3N3O2/c1-17(25,14-9-22-11-23-10-14)16-7-4-13(8-24-16)12-2-5-15(6-3-12)26-18(19,20)21/h2-11,25H,1H3. The van der Waals surface area contributed by atoms with Crippen molar-refractivity contribution in [3.8, 4) is 16.9 Å². The van der Waals surface area contributed by atoms with E-state index in [9.17, 15) is 18.3 Å². The molecule has 0 aliphatic heterocycles. The highest BCUT2D eigenvalue weighted by atomic mass is 19.4. The molecule has 1 N–H and O–H groups in total. The molecule has 8 heteroatoms. The molecule has 3 rings (SSSR count). The van der Waals surface area contributed by atoms with E-state index in [1.807, 2.05) is 0 Å². The van der Waals surface area contributed by atoms with Crippen LogP contribution in [-0.4, -0.2) is 26.4 Å². The summed E-state index contributed by atoms with van der Waals surface area (Å²) in [6, 6.07) is 8.83. The second kappa shape index (κ2) is 6.72. The normalized spacial score (nSPS) is 13.9. The lowest BCUT2D eigenvalue weighted by Gasteiger charge is -2.22. The van der Waals surface area contributed by atoms with Crippen molar-refractivity contribution < 1.29 is 23.0 Å². The number of benzene rings is 1. The van der Waals surface area contributed by atoms with Gasteiger partial charge < -0.3 is 9.84 Å². The first-order chi connectivity index (χ1) is 12.3. The third-order valence-corrected chi connectivity index (χ3v) is 3.81. The van der Waals surface area contributed by atoms with Crippen LogP contribution in [0.25, 0.3) is 11.1 Å². The van der Waals surface area contributed by atoms with E-state index in [1.54, 1.807) is 19.1 Å². The van der Waals surface area contributed by atoms with E-state index < -0.39 is 12.0 Å². The van der Waals surface area contributed by atoms with Gasteiger partial charge in [0, 0.05) is 29.7 Å². The summed E-state index contributed by atoms with van der Waals surface area (Å²) in [5.74, 6) is -0.294. The van der Waals surface area contributed by atoms with Gasteiger partial charge in [-0.15, -0.1) is 13.2 Å². The number of halogens is 3. The van der Waals surface area contributed by atoms with Crippen molar-refractivity contribution in [1.29, 1.82) is 0 Å². The van der Waals surface area contributed by atoms with Crippen molar-refractivity contribution >= 4 is 0 Å². The summed E-state index contributed by atoms with van der Waals surface area (Å²) in [7, 11) is 0. The number of rotatable bonds is 4. The SMILES string of the molecule is CC(O)(c1cncnc1)c1ccc(-c2ccc(OC(F)(F)F)cc2)cn1. The number of alkyl halides is 3. The molecule has 0 aliphatic rings. The highest BCUT2D eigenvalue weighted by Crippen LogP contribution is 2.29. The van der Waals surface area contributed by atoms with E-state index in [0.717, 1.165) is 0 Å². The highest BCUT2D eigenvalue weighted by molar-refractivity contribution is 5.63. The fourth-order valence-electron chi connectivity index (χ4n) is 2.40. The Morgan fingerprint density at radius 1 is 0.885 bits per heavy atom. The van der Waals surface area contributed by atoms with E-state index >= 15 is 0 Å². The van der Waals surface area contributed by atoms with E-state index in [4.69, 9.17) is 0 Å². The quantitative estimate of drug-likeness (QED) is 0.768. The van der Waals surface area contributed by atoms with Crippen LogP contribution < -0.4 is 4.74 Å². The Balaban J connectivity index is 1.82. The second-order valence-corrected chi connectivity index (χ2v) is 5.70. The van der Waals surface area contributed by atoms with Crippen LogP contribution in [-0.2, 0) is 5.60 Å².